The van der Waals surface area contributed by atoms with Crippen molar-refractivity contribution in [3.05, 3.63) is 16.1 Å². The Bertz CT molecular complexity index is 458. The van der Waals surface area contributed by atoms with Gasteiger partial charge >= 0.3 is 5.97 Å². The van der Waals surface area contributed by atoms with E-state index >= 15 is 0 Å². The highest BCUT2D eigenvalue weighted by Crippen LogP contribution is 2.20. The second kappa shape index (κ2) is 5.48. The minimum Gasteiger partial charge on any atom is -0.481 e. The third-order valence-corrected chi connectivity index (χ3v) is 4.15. The molecule has 0 aromatic carbocycles. The number of rotatable bonds is 4. The molecule has 0 radical (unpaired) electrons. The minimum atomic E-state index is -0.819. The topological polar surface area (TPSA) is 70.5 Å². The molecular formula is C12H16N2O3S. The van der Waals surface area contributed by atoms with Crippen molar-refractivity contribution in [3.8, 4) is 0 Å². The van der Waals surface area contributed by atoms with Gasteiger partial charge < -0.3 is 10.0 Å². The number of hydrogen-bond acceptors (Lipinski definition) is 4. The lowest BCUT2D eigenvalue weighted by Gasteiger charge is -2.30. The number of piperidine rings is 1. The quantitative estimate of drug-likeness (QED) is 0.899. The van der Waals surface area contributed by atoms with Crippen LogP contribution in [0.25, 0.3) is 0 Å². The predicted molar refractivity (Wildman–Crippen MR) is 67.3 cm³/mol. The number of carbonyl (C=O) groups excluding carboxylic acids is 1. The van der Waals surface area contributed by atoms with Crippen LogP contribution in [0.5, 0.6) is 0 Å². The second-order valence-electron chi connectivity index (χ2n) is 4.43. The number of hydrogen-bond donors (Lipinski definition) is 1. The normalized spacial score (nSPS) is 20.2. The molecule has 1 aliphatic rings. The van der Waals surface area contributed by atoms with Crippen molar-refractivity contribution in [1.29, 1.82) is 0 Å². The van der Waals surface area contributed by atoms with E-state index < -0.39 is 11.9 Å². The lowest BCUT2D eigenvalue weighted by Crippen LogP contribution is -2.42. The molecule has 6 heteroatoms. The fraction of sp³-hybridized carbons (Fsp3) is 0.583. The lowest BCUT2D eigenvalue weighted by atomic mass is 9.98. The van der Waals surface area contributed by atoms with E-state index in [2.05, 4.69) is 4.98 Å². The fourth-order valence-electron chi connectivity index (χ4n) is 2.05. The number of carboxylic acid groups (broad SMARTS) is 1. The average molecular weight is 268 g/mol. The van der Waals surface area contributed by atoms with Gasteiger partial charge in [0.1, 0.15) is 0 Å². The summed E-state index contributed by atoms with van der Waals surface area (Å²) in [5.74, 6) is -1.23. The van der Waals surface area contributed by atoms with Gasteiger partial charge in [0.2, 0.25) is 5.91 Å². The summed E-state index contributed by atoms with van der Waals surface area (Å²) in [4.78, 5) is 28.7. The van der Waals surface area contributed by atoms with Gasteiger partial charge in [0.15, 0.2) is 0 Å². The Balaban J connectivity index is 2.02. The minimum absolute atomic E-state index is 0.0264. The van der Waals surface area contributed by atoms with Crippen LogP contribution in [0, 0.1) is 5.92 Å². The first-order valence-corrected chi connectivity index (χ1v) is 6.92. The summed E-state index contributed by atoms with van der Waals surface area (Å²) in [7, 11) is 0. The SMILES string of the molecule is CCc1nc(CN2CC(C(=O)O)CCC2=O)cs1. The van der Waals surface area contributed by atoms with E-state index in [9.17, 15) is 9.59 Å². The smallest absolute Gasteiger partial charge is 0.308 e. The van der Waals surface area contributed by atoms with Crippen LogP contribution < -0.4 is 0 Å². The van der Waals surface area contributed by atoms with Crippen LogP contribution in [0.2, 0.25) is 0 Å². The molecule has 18 heavy (non-hydrogen) atoms. The highest BCUT2D eigenvalue weighted by atomic mass is 32.1. The maximum Gasteiger partial charge on any atom is 0.308 e. The maximum atomic E-state index is 11.8. The summed E-state index contributed by atoms with van der Waals surface area (Å²) in [5, 5.41) is 12.0. The van der Waals surface area contributed by atoms with Gasteiger partial charge in [0.25, 0.3) is 0 Å². The molecule has 1 unspecified atom stereocenters. The van der Waals surface area contributed by atoms with Crippen LogP contribution >= 0.6 is 11.3 Å². The number of aromatic nitrogens is 1. The lowest BCUT2D eigenvalue weighted by molar-refractivity contribution is -0.147. The summed E-state index contributed by atoms with van der Waals surface area (Å²) in [6, 6.07) is 0. The fourth-order valence-corrected chi connectivity index (χ4v) is 2.78. The van der Waals surface area contributed by atoms with E-state index in [0.717, 1.165) is 17.1 Å². The van der Waals surface area contributed by atoms with Gasteiger partial charge in [0, 0.05) is 18.3 Å². The highest BCUT2D eigenvalue weighted by Gasteiger charge is 2.30. The first-order chi connectivity index (χ1) is 8.60. The molecular weight excluding hydrogens is 252 g/mol. The van der Waals surface area contributed by atoms with Gasteiger partial charge in [-0.1, -0.05) is 6.92 Å². The van der Waals surface area contributed by atoms with Crippen LogP contribution in [0.1, 0.15) is 30.5 Å². The van der Waals surface area contributed by atoms with Crippen molar-refractivity contribution in [3.63, 3.8) is 0 Å². The first kappa shape index (κ1) is 13.0. The summed E-state index contributed by atoms with van der Waals surface area (Å²) in [6.07, 6.45) is 1.65. The Morgan fingerprint density at radius 3 is 3.06 bits per heavy atom. The summed E-state index contributed by atoms with van der Waals surface area (Å²) in [6.45, 7) is 2.77. The van der Waals surface area contributed by atoms with E-state index in [1.807, 2.05) is 12.3 Å². The second-order valence-corrected chi connectivity index (χ2v) is 5.38. The molecule has 98 valence electrons. The Kier molecular flexibility index (Phi) is 3.96. The van der Waals surface area contributed by atoms with Crippen LogP contribution in [-0.2, 0) is 22.6 Å². The van der Waals surface area contributed by atoms with Crippen molar-refractivity contribution < 1.29 is 14.7 Å². The van der Waals surface area contributed by atoms with Gasteiger partial charge in [-0.05, 0) is 12.8 Å². The Labute approximate surface area is 109 Å². The Morgan fingerprint density at radius 2 is 2.44 bits per heavy atom. The van der Waals surface area contributed by atoms with Crippen molar-refractivity contribution in [2.24, 2.45) is 5.92 Å². The molecule has 1 amide bonds. The molecule has 1 fully saturated rings. The molecule has 2 rings (SSSR count). The van der Waals surface area contributed by atoms with Crippen molar-refractivity contribution >= 4 is 23.2 Å². The molecule has 0 aliphatic carbocycles. The van der Waals surface area contributed by atoms with Crippen LogP contribution in [0.3, 0.4) is 0 Å². The van der Waals surface area contributed by atoms with Crippen LogP contribution in [0.15, 0.2) is 5.38 Å². The zero-order valence-corrected chi connectivity index (χ0v) is 11.1. The van der Waals surface area contributed by atoms with E-state index in [1.54, 1.807) is 16.2 Å². The molecule has 5 nitrogen and oxygen atoms in total. The summed E-state index contributed by atoms with van der Waals surface area (Å²) in [5.41, 5.74) is 0.858. The molecule has 0 spiro atoms. The standard InChI is InChI=1S/C12H16N2O3S/c1-2-10-13-9(7-18-10)6-14-5-8(12(16)17)3-4-11(14)15/h7-8H,2-6H2,1H3,(H,16,17). The molecule has 2 heterocycles. The first-order valence-electron chi connectivity index (χ1n) is 6.04. The van der Waals surface area contributed by atoms with E-state index in [0.29, 0.717) is 25.9 Å². The summed E-state index contributed by atoms with van der Waals surface area (Å²) < 4.78 is 0. The maximum absolute atomic E-state index is 11.8. The van der Waals surface area contributed by atoms with E-state index in [-0.39, 0.29) is 5.91 Å². The Morgan fingerprint density at radius 1 is 1.67 bits per heavy atom. The Hall–Kier alpha value is -1.43. The molecule has 1 atom stereocenters. The van der Waals surface area contributed by atoms with Gasteiger partial charge in [-0.3, -0.25) is 9.59 Å². The highest BCUT2D eigenvalue weighted by molar-refractivity contribution is 7.09. The number of carboxylic acids is 1. The van der Waals surface area contributed by atoms with Gasteiger partial charge in [0.05, 0.1) is 23.2 Å². The number of likely N-dealkylation sites (tertiary alicyclic amines) is 1. The van der Waals surface area contributed by atoms with Gasteiger partial charge in [-0.15, -0.1) is 11.3 Å². The third kappa shape index (κ3) is 2.87. The van der Waals surface area contributed by atoms with Gasteiger partial charge in [-0.25, -0.2) is 4.98 Å². The molecule has 1 saturated heterocycles. The zero-order valence-electron chi connectivity index (χ0n) is 10.3. The van der Waals surface area contributed by atoms with Crippen molar-refractivity contribution in [2.45, 2.75) is 32.7 Å². The number of carbonyl (C=O) groups is 2. The van der Waals surface area contributed by atoms with Crippen molar-refractivity contribution in [1.82, 2.24) is 9.88 Å². The molecule has 1 aromatic heterocycles. The third-order valence-electron chi connectivity index (χ3n) is 3.10. The molecule has 0 bridgehead atoms. The van der Waals surface area contributed by atoms with E-state index in [1.165, 1.54) is 0 Å². The van der Waals surface area contributed by atoms with Crippen LogP contribution in [0.4, 0.5) is 0 Å². The number of thiazole rings is 1. The monoisotopic (exact) mass is 268 g/mol. The number of nitrogens with zero attached hydrogens (tertiary/aromatic N) is 2. The van der Waals surface area contributed by atoms with Gasteiger partial charge in [-0.2, -0.15) is 0 Å². The van der Waals surface area contributed by atoms with Crippen molar-refractivity contribution in [2.75, 3.05) is 6.54 Å². The molecule has 0 saturated carbocycles. The number of aryl methyl sites for hydroxylation is 1. The predicted octanol–water partition coefficient (Wildman–Crippen LogP) is 1.53. The largest absolute Gasteiger partial charge is 0.481 e. The van der Waals surface area contributed by atoms with E-state index in [4.69, 9.17) is 5.11 Å². The zero-order chi connectivity index (χ0) is 13.1. The molecule has 1 N–H and O–H groups in total. The average Bonchev–Trinajstić information content (AvgIpc) is 2.79. The molecule has 1 aliphatic heterocycles. The number of amides is 1. The van der Waals surface area contributed by atoms with Crippen LogP contribution in [-0.4, -0.2) is 33.4 Å². The molecule has 1 aromatic rings. The summed E-state index contributed by atoms with van der Waals surface area (Å²) >= 11 is 1.58. The number of aliphatic carboxylic acids is 1.